The summed E-state index contributed by atoms with van der Waals surface area (Å²) in [6.07, 6.45) is 0. The van der Waals surface area contributed by atoms with Gasteiger partial charge in [-0.2, -0.15) is 0 Å². The summed E-state index contributed by atoms with van der Waals surface area (Å²) in [6, 6.07) is 77.4. The van der Waals surface area contributed by atoms with Crippen molar-refractivity contribution in [3.05, 3.63) is 233 Å². The minimum atomic E-state index is -0.158. The van der Waals surface area contributed by atoms with Gasteiger partial charge in [-0.15, -0.1) is 0 Å². The molecule has 0 aliphatic carbocycles. The SMILES string of the molecule is CC(C)(C)c1ccc2c(c1)c1cc(C(C)(C)C)ccc1n2-c1cccc(-c2ccc3c(c2)B2c4cc(Br)ccc4N(c4ccccc4-c4ccccc4)c4cc(Cl)cc(c42)N3c2ccccc2-c2ccccc2)n1. The monoisotopic (exact) mass is 1040 g/mol. The first-order valence-electron chi connectivity index (χ1n) is 25.5. The lowest BCUT2D eigenvalue weighted by atomic mass is 9.33. The number of hydrogen-bond donors (Lipinski definition) is 0. The Morgan fingerprint density at radius 3 is 1.47 bits per heavy atom. The minimum absolute atomic E-state index is 0.00146. The molecule has 4 heterocycles. The van der Waals surface area contributed by atoms with Crippen molar-refractivity contribution in [1.29, 1.82) is 0 Å². The van der Waals surface area contributed by atoms with Gasteiger partial charge in [0.05, 0.1) is 28.1 Å². The molecule has 13 rings (SSSR count). The summed E-state index contributed by atoms with van der Waals surface area (Å²) in [6.45, 7) is 13.6. The molecule has 11 aromatic rings. The molecule has 0 saturated carbocycles. The predicted octanol–water partition coefficient (Wildman–Crippen LogP) is 17.3. The van der Waals surface area contributed by atoms with Crippen molar-refractivity contribution in [2.45, 2.75) is 52.4 Å². The maximum atomic E-state index is 7.45. The van der Waals surface area contributed by atoms with Gasteiger partial charge in [-0.1, -0.05) is 203 Å². The number of halogens is 2. The lowest BCUT2D eigenvalue weighted by Gasteiger charge is -2.45. The van der Waals surface area contributed by atoms with E-state index in [9.17, 15) is 0 Å². The van der Waals surface area contributed by atoms with Crippen LogP contribution in [0.25, 0.3) is 61.1 Å². The van der Waals surface area contributed by atoms with E-state index in [-0.39, 0.29) is 17.5 Å². The van der Waals surface area contributed by atoms with Crippen LogP contribution in [0.3, 0.4) is 0 Å². The Labute approximate surface area is 447 Å². The Hall–Kier alpha value is -7.64. The van der Waals surface area contributed by atoms with E-state index in [1.54, 1.807) is 0 Å². The first-order valence-corrected chi connectivity index (χ1v) is 26.7. The van der Waals surface area contributed by atoms with Crippen molar-refractivity contribution in [3.8, 4) is 39.3 Å². The van der Waals surface area contributed by atoms with Crippen LogP contribution in [0.5, 0.6) is 0 Å². The van der Waals surface area contributed by atoms with Gasteiger partial charge in [0.2, 0.25) is 0 Å². The second kappa shape index (κ2) is 17.5. The molecule has 0 atom stereocenters. The molecule has 358 valence electrons. The molecule has 0 unspecified atom stereocenters. The molecule has 0 spiro atoms. The molecule has 74 heavy (non-hydrogen) atoms. The second-order valence-corrected chi connectivity index (χ2v) is 23.2. The van der Waals surface area contributed by atoms with Gasteiger partial charge in [0.1, 0.15) is 5.82 Å². The molecule has 0 amide bonds. The fourth-order valence-corrected chi connectivity index (χ4v) is 12.2. The van der Waals surface area contributed by atoms with E-state index in [1.807, 2.05) is 0 Å². The normalized spacial score (nSPS) is 13.1. The number of para-hydroxylation sites is 2. The highest BCUT2D eigenvalue weighted by Crippen LogP contribution is 2.49. The maximum Gasteiger partial charge on any atom is 0.252 e. The third-order valence-electron chi connectivity index (χ3n) is 15.2. The Bertz CT molecular complexity index is 3950. The lowest BCUT2D eigenvalue weighted by molar-refractivity contribution is 0.590. The number of fused-ring (bicyclic) bond motifs is 7. The maximum absolute atomic E-state index is 7.45. The second-order valence-electron chi connectivity index (χ2n) is 21.9. The van der Waals surface area contributed by atoms with E-state index in [0.29, 0.717) is 5.02 Å². The number of anilines is 6. The molecular formula is C67H53BBrClN4. The topological polar surface area (TPSA) is 24.3 Å². The van der Waals surface area contributed by atoms with E-state index >= 15 is 0 Å². The fourth-order valence-electron chi connectivity index (χ4n) is 11.6. The summed E-state index contributed by atoms with van der Waals surface area (Å²) in [5.74, 6) is 0.882. The summed E-state index contributed by atoms with van der Waals surface area (Å²) in [4.78, 5) is 10.5. The zero-order valence-electron chi connectivity index (χ0n) is 42.3. The molecule has 2 aliphatic heterocycles. The van der Waals surface area contributed by atoms with Crippen molar-refractivity contribution in [2.75, 3.05) is 9.80 Å². The van der Waals surface area contributed by atoms with Gasteiger partial charge in [-0.3, -0.25) is 4.57 Å². The summed E-state index contributed by atoms with van der Waals surface area (Å²) in [5.41, 5.74) is 21.4. The highest BCUT2D eigenvalue weighted by Gasteiger charge is 2.44. The van der Waals surface area contributed by atoms with E-state index in [0.717, 1.165) is 89.0 Å². The van der Waals surface area contributed by atoms with Gasteiger partial charge in [0.15, 0.2) is 0 Å². The van der Waals surface area contributed by atoms with Gasteiger partial charge in [0.25, 0.3) is 6.71 Å². The van der Waals surface area contributed by atoms with Crippen LogP contribution in [0, 0.1) is 0 Å². The van der Waals surface area contributed by atoms with Gasteiger partial charge in [-0.25, -0.2) is 4.98 Å². The van der Waals surface area contributed by atoms with Crippen LogP contribution in [0.1, 0.15) is 52.7 Å². The van der Waals surface area contributed by atoms with Gasteiger partial charge in [-0.05, 0) is 134 Å². The molecule has 0 fully saturated rings. The van der Waals surface area contributed by atoms with Gasteiger partial charge in [0, 0.05) is 54.1 Å². The first-order chi connectivity index (χ1) is 35.8. The van der Waals surface area contributed by atoms with Gasteiger partial charge < -0.3 is 9.80 Å². The Morgan fingerprint density at radius 1 is 0.432 bits per heavy atom. The van der Waals surface area contributed by atoms with Crippen LogP contribution in [0.4, 0.5) is 34.1 Å². The summed E-state index contributed by atoms with van der Waals surface area (Å²) in [5, 5.41) is 3.15. The molecular weight excluding hydrogens is 987 g/mol. The Kier molecular flexibility index (Phi) is 10.9. The Balaban J connectivity index is 1.05. The molecule has 9 aromatic carbocycles. The van der Waals surface area contributed by atoms with E-state index in [4.69, 9.17) is 16.6 Å². The lowest BCUT2D eigenvalue weighted by Crippen LogP contribution is -2.61. The van der Waals surface area contributed by atoms with Crippen molar-refractivity contribution < 1.29 is 0 Å². The van der Waals surface area contributed by atoms with Gasteiger partial charge >= 0.3 is 0 Å². The van der Waals surface area contributed by atoms with Crippen molar-refractivity contribution in [2.24, 2.45) is 0 Å². The number of pyridine rings is 1. The highest BCUT2D eigenvalue weighted by atomic mass is 79.9. The number of aromatic nitrogens is 2. The van der Waals surface area contributed by atoms with E-state index < -0.39 is 0 Å². The predicted molar refractivity (Wildman–Crippen MR) is 319 cm³/mol. The molecule has 4 nitrogen and oxygen atoms in total. The zero-order valence-corrected chi connectivity index (χ0v) is 44.7. The smallest absolute Gasteiger partial charge is 0.252 e. The van der Waals surface area contributed by atoms with Crippen LogP contribution >= 0.6 is 27.5 Å². The number of benzene rings is 9. The standard InChI is InChI=1S/C67H53BBrClN4/c1-66(2,3)45-29-33-58-51(37-45)52-38-46(67(4,5)6)30-34-59(52)74(58)64-27-17-24-55(71-64)44-28-32-60-53(36-44)68-54-39-47(69)31-35-61(54)73(57-26-16-14-23-50(57)43-20-11-8-12-21-43)63-41-48(70)40-62(65(63)68)72(60)56-25-15-13-22-49(56)42-18-9-7-10-19-42/h7-41H,1-6H3. The number of nitrogens with zero attached hydrogens (tertiary/aromatic N) is 4. The molecule has 0 bridgehead atoms. The fraction of sp³-hybridized carbons (Fsp3) is 0.119. The largest absolute Gasteiger partial charge is 0.311 e. The molecule has 0 radical (unpaired) electrons. The van der Waals surface area contributed by atoms with E-state index in [1.165, 1.54) is 38.3 Å². The van der Waals surface area contributed by atoms with Crippen LogP contribution in [0.15, 0.2) is 217 Å². The molecule has 7 heteroatoms. The Morgan fingerprint density at radius 2 is 0.932 bits per heavy atom. The third-order valence-corrected chi connectivity index (χ3v) is 15.9. The molecule has 2 aromatic heterocycles. The molecule has 0 saturated heterocycles. The van der Waals surface area contributed by atoms with Crippen molar-refractivity contribution >= 4 is 107 Å². The average molecular weight is 1040 g/mol. The quantitative estimate of drug-likeness (QED) is 0.155. The summed E-state index contributed by atoms with van der Waals surface area (Å²) in [7, 11) is 0. The summed E-state index contributed by atoms with van der Waals surface area (Å²) < 4.78 is 3.38. The number of rotatable bonds is 6. The zero-order chi connectivity index (χ0) is 50.6. The minimum Gasteiger partial charge on any atom is -0.311 e. The van der Waals surface area contributed by atoms with Crippen molar-refractivity contribution in [1.82, 2.24) is 9.55 Å². The van der Waals surface area contributed by atoms with Crippen LogP contribution in [-0.2, 0) is 10.8 Å². The number of hydrogen-bond acceptors (Lipinski definition) is 3. The van der Waals surface area contributed by atoms with Crippen LogP contribution < -0.4 is 26.2 Å². The first kappa shape index (κ1) is 46.2. The van der Waals surface area contributed by atoms with Crippen molar-refractivity contribution in [3.63, 3.8) is 0 Å². The summed E-state index contributed by atoms with van der Waals surface area (Å²) >= 11 is 11.4. The van der Waals surface area contributed by atoms with Crippen LogP contribution in [-0.4, -0.2) is 16.3 Å². The third kappa shape index (κ3) is 7.60. The highest BCUT2D eigenvalue weighted by molar-refractivity contribution is 9.10. The van der Waals surface area contributed by atoms with Crippen LogP contribution in [0.2, 0.25) is 5.02 Å². The average Bonchev–Trinajstić information content (AvgIpc) is 3.75. The molecule has 0 N–H and O–H groups in total. The molecule has 2 aliphatic rings. The van der Waals surface area contributed by atoms with E-state index in [2.05, 4.69) is 284 Å².